The van der Waals surface area contributed by atoms with Crippen molar-refractivity contribution in [3.8, 4) is 0 Å². The number of aliphatic carboxylic acids is 1. The molecule has 12 heteroatoms. The number of hydrogen-bond donors (Lipinski definition) is 6. The number of primary amides is 1. The molecule has 12 nitrogen and oxygen atoms in total. The maximum absolute atomic E-state index is 13.0. The van der Waals surface area contributed by atoms with Gasteiger partial charge in [-0.3, -0.25) is 19.2 Å². The van der Waals surface area contributed by atoms with Crippen LogP contribution in [0.15, 0.2) is 0 Å². The maximum atomic E-state index is 13.0. The summed E-state index contributed by atoms with van der Waals surface area (Å²) in [5.41, 5.74) is 16.5. The lowest BCUT2D eigenvalue weighted by molar-refractivity contribution is -0.144. The molecule has 182 valence electrons. The van der Waals surface area contributed by atoms with Crippen molar-refractivity contribution in [1.29, 1.82) is 0 Å². The van der Waals surface area contributed by atoms with Crippen LogP contribution in [-0.2, 0) is 24.0 Å². The first-order chi connectivity index (χ1) is 15.0. The third-order valence-corrected chi connectivity index (χ3v) is 5.44. The molecule has 9 N–H and O–H groups in total. The van der Waals surface area contributed by atoms with E-state index >= 15 is 0 Å². The van der Waals surface area contributed by atoms with Crippen LogP contribution in [0.2, 0.25) is 0 Å². The Labute approximate surface area is 187 Å². The Morgan fingerprint density at radius 2 is 1.75 bits per heavy atom. The van der Waals surface area contributed by atoms with Crippen molar-refractivity contribution in [2.75, 3.05) is 13.1 Å². The van der Waals surface area contributed by atoms with Gasteiger partial charge in [-0.15, -0.1) is 0 Å². The van der Waals surface area contributed by atoms with E-state index in [1.165, 1.54) is 4.90 Å². The highest BCUT2D eigenvalue weighted by Crippen LogP contribution is 2.20. The molecular formula is C20H36N6O6. The zero-order valence-electron chi connectivity index (χ0n) is 18.7. The highest BCUT2D eigenvalue weighted by molar-refractivity contribution is 5.95. The smallest absolute Gasteiger partial charge is 0.326 e. The Hall–Kier alpha value is -2.73. The third-order valence-electron chi connectivity index (χ3n) is 5.44. The van der Waals surface area contributed by atoms with Gasteiger partial charge >= 0.3 is 5.97 Å². The minimum Gasteiger partial charge on any atom is -0.480 e. The lowest BCUT2D eigenvalue weighted by Crippen LogP contribution is -2.57. The van der Waals surface area contributed by atoms with Crippen molar-refractivity contribution in [2.45, 2.75) is 76.5 Å². The van der Waals surface area contributed by atoms with Gasteiger partial charge in [0, 0.05) is 6.54 Å². The van der Waals surface area contributed by atoms with E-state index in [9.17, 15) is 29.1 Å². The summed E-state index contributed by atoms with van der Waals surface area (Å²) in [5.74, 6) is -3.99. The number of rotatable bonds is 13. The van der Waals surface area contributed by atoms with Crippen molar-refractivity contribution in [3.05, 3.63) is 0 Å². The minimum atomic E-state index is -1.51. The fourth-order valence-corrected chi connectivity index (χ4v) is 3.48. The maximum Gasteiger partial charge on any atom is 0.326 e. The van der Waals surface area contributed by atoms with E-state index in [0.29, 0.717) is 38.8 Å². The average Bonchev–Trinajstić information content (AvgIpc) is 3.20. The van der Waals surface area contributed by atoms with Crippen LogP contribution >= 0.6 is 0 Å². The first-order valence-electron chi connectivity index (χ1n) is 10.9. The largest absolute Gasteiger partial charge is 0.480 e. The molecule has 1 fully saturated rings. The lowest BCUT2D eigenvalue weighted by Gasteiger charge is -2.29. The van der Waals surface area contributed by atoms with Gasteiger partial charge in [0.05, 0.1) is 12.5 Å². The van der Waals surface area contributed by atoms with Gasteiger partial charge in [-0.25, -0.2) is 4.79 Å². The Morgan fingerprint density at radius 3 is 2.28 bits per heavy atom. The summed E-state index contributed by atoms with van der Waals surface area (Å²) in [7, 11) is 0. The van der Waals surface area contributed by atoms with E-state index in [0.717, 1.165) is 0 Å². The molecule has 0 aromatic heterocycles. The van der Waals surface area contributed by atoms with Gasteiger partial charge in [0.15, 0.2) is 0 Å². The number of carbonyl (C=O) groups is 5. The predicted molar refractivity (Wildman–Crippen MR) is 116 cm³/mol. The summed E-state index contributed by atoms with van der Waals surface area (Å²) in [6, 6.07) is -4.07. The van der Waals surface area contributed by atoms with E-state index in [1.807, 2.05) is 13.8 Å². The molecule has 0 bridgehead atoms. The van der Waals surface area contributed by atoms with Crippen molar-refractivity contribution < 1.29 is 29.1 Å². The fraction of sp³-hybridized carbons (Fsp3) is 0.750. The molecular weight excluding hydrogens is 420 g/mol. The number of likely N-dealkylation sites (tertiary alicyclic amines) is 1. The zero-order valence-corrected chi connectivity index (χ0v) is 18.7. The van der Waals surface area contributed by atoms with Crippen molar-refractivity contribution in [3.63, 3.8) is 0 Å². The average molecular weight is 457 g/mol. The Morgan fingerprint density at radius 1 is 1.09 bits per heavy atom. The summed E-state index contributed by atoms with van der Waals surface area (Å²) in [5, 5.41) is 14.1. The van der Waals surface area contributed by atoms with Crippen molar-refractivity contribution in [1.82, 2.24) is 15.5 Å². The van der Waals surface area contributed by atoms with E-state index in [1.54, 1.807) is 0 Å². The summed E-state index contributed by atoms with van der Waals surface area (Å²) < 4.78 is 0. The van der Waals surface area contributed by atoms with Gasteiger partial charge in [-0.2, -0.15) is 0 Å². The number of carbonyl (C=O) groups excluding carboxylic acids is 4. The van der Waals surface area contributed by atoms with E-state index in [4.69, 9.17) is 17.2 Å². The molecule has 1 heterocycles. The summed E-state index contributed by atoms with van der Waals surface area (Å²) in [6.45, 7) is 4.41. The SMILES string of the molecule is CC(C)C(N)C(=O)N1CCCC1C(=O)NC(CCCCN)C(=O)NC(CC(N)=O)C(=O)O. The van der Waals surface area contributed by atoms with E-state index in [-0.39, 0.29) is 18.2 Å². The van der Waals surface area contributed by atoms with Gasteiger partial charge in [-0.05, 0) is 44.6 Å². The zero-order chi connectivity index (χ0) is 24.4. The van der Waals surface area contributed by atoms with Crippen molar-refractivity contribution in [2.24, 2.45) is 23.1 Å². The van der Waals surface area contributed by atoms with Crippen molar-refractivity contribution >= 4 is 29.6 Å². The van der Waals surface area contributed by atoms with Crippen LogP contribution in [0.4, 0.5) is 0 Å². The van der Waals surface area contributed by atoms with E-state index in [2.05, 4.69) is 10.6 Å². The first kappa shape index (κ1) is 27.3. The van der Waals surface area contributed by atoms with Crippen LogP contribution in [0.3, 0.4) is 0 Å². The number of carboxylic acid groups (broad SMARTS) is 1. The second kappa shape index (κ2) is 13.0. The number of nitrogens with zero attached hydrogens (tertiary/aromatic N) is 1. The van der Waals surface area contributed by atoms with E-state index < -0.39 is 54.3 Å². The third kappa shape index (κ3) is 8.08. The van der Waals surface area contributed by atoms with Crippen LogP contribution in [0.1, 0.15) is 52.4 Å². The second-order valence-corrected chi connectivity index (χ2v) is 8.37. The molecule has 1 aliphatic heterocycles. The molecule has 0 radical (unpaired) electrons. The summed E-state index contributed by atoms with van der Waals surface area (Å²) >= 11 is 0. The van der Waals surface area contributed by atoms with Crippen LogP contribution in [0.25, 0.3) is 0 Å². The second-order valence-electron chi connectivity index (χ2n) is 8.37. The van der Waals surface area contributed by atoms with Crippen LogP contribution in [-0.4, -0.2) is 76.9 Å². The molecule has 1 aliphatic rings. The van der Waals surface area contributed by atoms with Crippen LogP contribution < -0.4 is 27.8 Å². The lowest BCUT2D eigenvalue weighted by atomic mass is 10.0. The monoisotopic (exact) mass is 456 g/mol. The number of carboxylic acids is 1. The predicted octanol–water partition coefficient (Wildman–Crippen LogP) is -1.98. The topological polar surface area (TPSA) is 211 Å². The van der Waals surface area contributed by atoms with Gasteiger partial charge in [-0.1, -0.05) is 13.8 Å². The quantitative estimate of drug-likeness (QED) is 0.170. The van der Waals surface area contributed by atoms with Gasteiger partial charge in [0.2, 0.25) is 23.6 Å². The molecule has 0 saturated carbocycles. The van der Waals surface area contributed by atoms with Gasteiger partial charge in [0.1, 0.15) is 18.1 Å². The number of nitrogens with two attached hydrogens (primary N) is 3. The minimum absolute atomic E-state index is 0.0974. The molecule has 1 rings (SSSR count). The molecule has 4 unspecified atom stereocenters. The highest BCUT2D eigenvalue weighted by Gasteiger charge is 2.38. The molecule has 0 aromatic carbocycles. The Kier molecular flexibility index (Phi) is 11.1. The number of unbranched alkanes of at least 4 members (excludes halogenated alkanes) is 1. The summed E-state index contributed by atoms with van der Waals surface area (Å²) in [6.07, 6.45) is 1.79. The summed E-state index contributed by atoms with van der Waals surface area (Å²) in [4.78, 5) is 62.2. The molecule has 1 saturated heterocycles. The highest BCUT2D eigenvalue weighted by atomic mass is 16.4. The molecule has 0 aliphatic carbocycles. The Bertz CT molecular complexity index is 700. The van der Waals surface area contributed by atoms with Gasteiger partial charge in [0.25, 0.3) is 0 Å². The standard InChI is InChI=1S/C20H36N6O6/c1-11(2)16(23)19(30)26-9-5-7-14(26)18(29)24-12(6-3-4-8-21)17(28)25-13(20(31)32)10-15(22)27/h11-14,16H,3-10,21,23H2,1-2H3,(H2,22,27)(H,24,29)(H,25,28)(H,31,32). The molecule has 0 spiro atoms. The van der Waals surface area contributed by atoms with Crippen LogP contribution in [0, 0.1) is 5.92 Å². The number of amides is 4. The normalized spacial score (nSPS) is 18.7. The first-order valence-corrected chi connectivity index (χ1v) is 10.9. The Balaban J connectivity index is 2.93. The fourth-order valence-electron chi connectivity index (χ4n) is 3.48. The number of nitrogens with one attached hydrogen (secondary N) is 2. The van der Waals surface area contributed by atoms with Crippen LogP contribution in [0.5, 0.6) is 0 Å². The molecule has 0 aromatic rings. The molecule has 4 atom stereocenters. The molecule has 32 heavy (non-hydrogen) atoms. The molecule has 4 amide bonds. The van der Waals surface area contributed by atoms with Gasteiger partial charge < -0.3 is 37.8 Å². The number of hydrogen-bond acceptors (Lipinski definition) is 7.